The first-order chi connectivity index (χ1) is 6.67. The van der Waals surface area contributed by atoms with Crippen molar-refractivity contribution in [2.45, 2.75) is 26.3 Å². The minimum atomic E-state index is 0.355. The smallest absolute Gasteiger partial charge is 0.0379 e. The average Bonchev–Trinajstić information content (AvgIpc) is 2.12. The van der Waals surface area contributed by atoms with E-state index in [2.05, 4.69) is 29.0 Å². The molecule has 0 saturated carbocycles. The van der Waals surface area contributed by atoms with Crippen LogP contribution < -0.4 is 5.32 Å². The molecule has 2 heteroatoms. The van der Waals surface area contributed by atoms with E-state index in [1.165, 1.54) is 5.56 Å². The Morgan fingerprint density at radius 2 is 2.00 bits per heavy atom. The van der Waals surface area contributed by atoms with E-state index in [9.17, 15) is 0 Å². The summed E-state index contributed by atoms with van der Waals surface area (Å²) in [6, 6.07) is 4.60. The molecule has 1 heterocycles. The van der Waals surface area contributed by atoms with Crippen molar-refractivity contribution in [1.82, 2.24) is 10.3 Å². The summed E-state index contributed by atoms with van der Waals surface area (Å²) in [6.07, 6.45) is 2.88. The molecular formula is C12H18N2. The third kappa shape index (κ3) is 2.67. The molecule has 1 aromatic rings. The Bertz CT molecular complexity index is 298. The van der Waals surface area contributed by atoms with Crippen molar-refractivity contribution in [3.8, 4) is 0 Å². The van der Waals surface area contributed by atoms with Gasteiger partial charge in [0.05, 0.1) is 0 Å². The molecule has 0 saturated heterocycles. The molecule has 76 valence electrons. The van der Waals surface area contributed by atoms with Gasteiger partial charge in [-0.1, -0.05) is 6.08 Å². The maximum Gasteiger partial charge on any atom is 0.0379 e. The molecule has 0 aliphatic rings. The number of nitrogens with zero attached hydrogens (tertiary/aromatic N) is 1. The van der Waals surface area contributed by atoms with Gasteiger partial charge in [-0.3, -0.25) is 4.98 Å². The van der Waals surface area contributed by atoms with Gasteiger partial charge in [-0.25, -0.2) is 0 Å². The number of aromatic nitrogens is 1. The summed E-state index contributed by atoms with van der Waals surface area (Å²) in [6.45, 7) is 7.81. The van der Waals surface area contributed by atoms with Gasteiger partial charge in [0.15, 0.2) is 0 Å². The number of hydrogen-bond acceptors (Lipinski definition) is 2. The average molecular weight is 190 g/mol. The maximum atomic E-state index is 4.36. The van der Waals surface area contributed by atoms with E-state index in [0.29, 0.717) is 6.04 Å². The molecule has 1 atom stereocenters. The largest absolute Gasteiger partial charge is 0.313 e. The molecule has 1 N–H and O–H groups in total. The van der Waals surface area contributed by atoms with Crippen LogP contribution in [0.2, 0.25) is 0 Å². The highest BCUT2D eigenvalue weighted by atomic mass is 14.9. The van der Waals surface area contributed by atoms with Crippen LogP contribution in [0.5, 0.6) is 0 Å². The molecule has 0 fully saturated rings. The molecular weight excluding hydrogens is 172 g/mol. The number of aryl methyl sites for hydroxylation is 2. The van der Waals surface area contributed by atoms with Gasteiger partial charge in [-0.15, -0.1) is 6.58 Å². The van der Waals surface area contributed by atoms with Gasteiger partial charge in [-0.2, -0.15) is 0 Å². The topological polar surface area (TPSA) is 24.9 Å². The maximum absolute atomic E-state index is 4.36. The second-order valence-corrected chi connectivity index (χ2v) is 3.55. The SMILES string of the molecule is C=CCC(NC)c1cc(C)nc(C)c1. The second-order valence-electron chi connectivity index (χ2n) is 3.55. The van der Waals surface area contributed by atoms with Gasteiger partial charge in [-0.05, 0) is 45.0 Å². The zero-order valence-corrected chi connectivity index (χ0v) is 9.17. The molecule has 2 nitrogen and oxygen atoms in total. The molecule has 0 spiro atoms. The van der Waals surface area contributed by atoms with E-state index in [1.807, 2.05) is 27.0 Å². The second kappa shape index (κ2) is 4.91. The van der Waals surface area contributed by atoms with E-state index in [4.69, 9.17) is 0 Å². The van der Waals surface area contributed by atoms with Crippen LogP contribution in [0.15, 0.2) is 24.8 Å². The zero-order chi connectivity index (χ0) is 10.6. The van der Waals surface area contributed by atoms with Crippen LogP contribution in [0.3, 0.4) is 0 Å². The van der Waals surface area contributed by atoms with Gasteiger partial charge in [0.1, 0.15) is 0 Å². The van der Waals surface area contributed by atoms with E-state index < -0.39 is 0 Å². The summed E-state index contributed by atoms with van der Waals surface area (Å²) < 4.78 is 0. The quantitative estimate of drug-likeness (QED) is 0.738. The highest BCUT2D eigenvalue weighted by molar-refractivity contribution is 5.24. The Hall–Kier alpha value is -1.15. The zero-order valence-electron chi connectivity index (χ0n) is 9.17. The van der Waals surface area contributed by atoms with Crippen molar-refractivity contribution in [2.75, 3.05) is 7.05 Å². The lowest BCUT2D eigenvalue weighted by molar-refractivity contribution is 0.601. The van der Waals surface area contributed by atoms with Crippen LogP contribution >= 0.6 is 0 Å². The van der Waals surface area contributed by atoms with Gasteiger partial charge >= 0.3 is 0 Å². The molecule has 0 bridgehead atoms. The Labute approximate surface area is 86.1 Å². The Morgan fingerprint density at radius 3 is 2.43 bits per heavy atom. The standard InChI is InChI=1S/C12H18N2/c1-5-6-12(13-4)11-7-9(2)14-10(3)8-11/h5,7-8,12-13H,1,6H2,2-4H3. The fraction of sp³-hybridized carbons (Fsp3) is 0.417. The van der Waals surface area contributed by atoms with Crippen molar-refractivity contribution in [2.24, 2.45) is 0 Å². The monoisotopic (exact) mass is 190 g/mol. The normalized spacial score (nSPS) is 12.5. The highest BCUT2D eigenvalue weighted by Gasteiger charge is 2.07. The van der Waals surface area contributed by atoms with E-state index in [1.54, 1.807) is 0 Å². The van der Waals surface area contributed by atoms with Crippen molar-refractivity contribution in [1.29, 1.82) is 0 Å². The fourth-order valence-corrected chi connectivity index (χ4v) is 1.66. The van der Waals surface area contributed by atoms with Crippen molar-refractivity contribution >= 4 is 0 Å². The van der Waals surface area contributed by atoms with Gasteiger partial charge in [0.2, 0.25) is 0 Å². The summed E-state index contributed by atoms with van der Waals surface area (Å²) in [5.41, 5.74) is 3.44. The van der Waals surface area contributed by atoms with E-state index in [0.717, 1.165) is 17.8 Å². The summed E-state index contributed by atoms with van der Waals surface area (Å²) in [7, 11) is 1.97. The van der Waals surface area contributed by atoms with Crippen LogP contribution in [0.4, 0.5) is 0 Å². The molecule has 0 aliphatic heterocycles. The van der Waals surface area contributed by atoms with Crippen molar-refractivity contribution in [3.05, 3.63) is 41.7 Å². The van der Waals surface area contributed by atoms with Gasteiger partial charge in [0, 0.05) is 17.4 Å². The number of pyridine rings is 1. The number of hydrogen-bond donors (Lipinski definition) is 1. The molecule has 0 radical (unpaired) electrons. The number of rotatable bonds is 4. The molecule has 0 aromatic carbocycles. The third-order valence-corrected chi connectivity index (χ3v) is 2.26. The molecule has 0 amide bonds. The first-order valence-electron chi connectivity index (χ1n) is 4.90. The summed E-state index contributed by atoms with van der Waals surface area (Å²) in [5.74, 6) is 0. The van der Waals surface area contributed by atoms with Crippen LogP contribution in [0.25, 0.3) is 0 Å². The minimum Gasteiger partial charge on any atom is -0.313 e. The summed E-state index contributed by atoms with van der Waals surface area (Å²) in [4.78, 5) is 4.36. The van der Waals surface area contributed by atoms with Crippen LogP contribution in [0, 0.1) is 13.8 Å². The Balaban J connectivity index is 2.96. The molecule has 1 rings (SSSR count). The highest BCUT2D eigenvalue weighted by Crippen LogP contribution is 2.18. The Morgan fingerprint density at radius 1 is 1.43 bits per heavy atom. The predicted molar refractivity (Wildman–Crippen MR) is 60.3 cm³/mol. The summed E-state index contributed by atoms with van der Waals surface area (Å²) >= 11 is 0. The predicted octanol–water partition coefficient (Wildman–Crippen LogP) is 2.54. The lowest BCUT2D eigenvalue weighted by Gasteiger charge is -2.15. The summed E-state index contributed by atoms with van der Waals surface area (Å²) in [5, 5.41) is 3.27. The lowest BCUT2D eigenvalue weighted by atomic mass is 10.0. The van der Waals surface area contributed by atoms with Crippen LogP contribution in [-0.4, -0.2) is 12.0 Å². The minimum absolute atomic E-state index is 0.355. The van der Waals surface area contributed by atoms with Gasteiger partial charge in [0.25, 0.3) is 0 Å². The number of nitrogens with one attached hydrogen (secondary N) is 1. The molecule has 1 unspecified atom stereocenters. The lowest BCUT2D eigenvalue weighted by Crippen LogP contribution is -2.16. The van der Waals surface area contributed by atoms with Gasteiger partial charge < -0.3 is 5.32 Å². The first-order valence-corrected chi connectivity index (χ1v) is 4.90. The van der Waals surface area contributed by atoms with Crippen molar-refractivity contribution in [3.63, 3.8) is 0 Å². The third-order valence-electron chi connectivity index (χ3n) is 2.26. The van der Waals surface area contributed by atoms with Crippen LogP contribution in [-0.2, 0) is 0 Å². The molecule has 1 aromatic heterocycles. The van der Waals surface area contributed by atoms with Crippen LogP contribution in [0.1, 0.15) is 29.4 Å². The Kier molecular flexibility index (Phi) is 3.84. The van der Waals surface area contributed by atoms with E-state index >= 15 is 0 Å². The first kappa shape index (κ1) is 10.9. The fourth-order valence-electron chi connectivity index (χ4n) is 1.66. The van der Waals surface area contributed by atoms with E-state index in [-0.39, 0.29) is 0 Å². The molecule has 14 heavy (non-hydrogen) atoms. The van der Waals surface area contributed by atoms with Crippen molar-refractivity contribution < 1.29 is 0 Å². The molecule has 0 aliphatic carbocycles.